The van der Waals surface area contributed by atoms with Crippen molar-refractivity contribution < 1.29 is 14.3 Å². The molecule has 0 aliphatic heterocycles. The van der Waals surface area contributed by atoms with Crippen LogP contribution in [0.1, 0.15) is 28.0 Å². The summed E-state index contributed by atoms with van der Waals surface area (Å²) in [5.41, 5.74) is 0.367. The van der Waals surface area contributed by atoms with Gasteiger partial charge in [-0.3, -0.25) is 14.4 Å². The first-order valence-corrected chi connectivity index (χ1v) is 9.23. The van der Waals surface area contributed by atoms with Gasteiger partial charge in [0.2, 0.25) is 4.96 Å². The van der Waals surface area contributed by atoms with Crippen LogP contribution >= 0.6 is 22.9 Å². The van der Waals surface area contributed by atoms with Crippen LogP contribution in [0.4, 0.5) is 0 Å². The van der Waals surface area contributed by atoms with Gasteiger partial charge in [0.15, 0.2) is 0 Å². The fourth-order valence-electron chi connectivity index (χ4n) is 2.17. The van der Waals surface area contributed by atoms with E-state index < -0.39 is 11.9 Å². The lowest BCUT2D eigenvalue weighted by Gasteiger charge is -2.06. The SMILES string of the molecule is CCc1nn2c(=O)cc(COC(=O)CNC(=O)c3ccc(Cl)cc3)nc2s1. The smallest absolute Gasteiger partial charge is 0.325 e. The normalized spacial score (nSPS) is 10.7. The number of nitrogens with zero attached hydrogens (tertiary/aromatic N) is 3. The van der Waals surface area contributed by atoms with Crippen LogP contribution in [0.25, 0.3) is 4.96 Å². The molecule has 8 nitrogen and oxygen atoms in total. The summed E-state index contributed by atoms with van der Waals surface area (Å²) < 4.78 is 6.29. The molecule has 10 heteroatoms. The zero-order chi connectivity index (χ0) is 19.4. The summed E-state index contributed by atoms with van der Waals surface area (Å²) in [6, 6.07) is 7.53. The minimum atomic E-state index is -0.641. The molecular weight excluding hydrogens is 392 g/mol. The van der Waals surface area contributed by atoms with Crippen molar-refractivity contribution in [3.63, 3.8) is 0 Å². The first-order chi connectivity index (χ1) is 13.0. The zero-order valence-electron chi connectivity index (χ0n) is 14.3. The molecule has 1 aromatic carbocycles. The number of halogens is 1. The molecule has 3 rings (SSSR count). The summed E-state index contributed by atoms with van der Waals surface area (Å²) in [7, 11) is 0. The third-order valence-corrected chi connectivity index (χ3v) is 4.83. The third kappa shape index (κ3) is 4.69. The van der Waals surface area contributed by atoms with Crippen molar-refractivity contribution in [2.75, 3.05) is 6.54 Å². The number of fused-ring (bicyclic) bond motifs is 1. The van der Waals surface area contributed by atoms with Crippen molar-refractivity contribution in [2.45, 2.75) is 20.0 Å². The Morgan fingerprint density at radius 2 is 2.04 bits per heavy atom. The van der Waals surface area contributed by atoms with Gasteiger partial charge in [-0.2, -0.15) is 9.61 Å². The summed E-state index contributed by atoms with van der Waals surface area (Å²) in [5, 5.41) is 7.91. The van der Waals surface area contributed by atoms with Gasteiger partial charge in [0.05, 0.1) is 5.69 Å². The van der Waals surface area contributed by atoms with Crippen molar-refractivity contribution in [3.05, 3.63) is 62.0 Å². The molecule has 0 aliphatic rings. The van der Waals surface area contributed by atoms with E-state index in [-0.39, 0.29) is 18.7 Å². The molecule has 0 saturated carbocycles. The molecule has 0 bridgehead atoms. The monoisotopic (exact) mass is 406 g/mol. The Balaban J connectivity index is 1.56. The van der Waals surface area contributed by atoms with Gasteiger partial charge < -0.3 is 10.1 Å². The van der Waals surface area contributed by atoms with E-state index in [2.05, 4.69) is 15.4 Å². The number of amides is 1. The Morgan fingerprint density at radius 1 is 1.30 bits per heavy atom. The number of hydrogen-bond donors (Lipinski definition) is 1. The number of hydrogen-bond acceptors (Lipinski definition) is 7. The number of benzene rings is 1. The van der Waals surface area contributed by atoms with Gasteiger partial charge in [-0.25, -0.2) is 4.98 Å². The second kappa shape index (κ2) is 8.28. The van der Waals surface area contributed by atoms with E-state index in [1.54, 1.807) is 24.3 Å². The Morgan fingerprint density at radius 3 is 2.74 bits per heavy atom. The first-order valence-electron chi connectivity index (χ1n) is 8.04. The number of ether oxygens (including phenoxy) is 1. The Hall–Kier alpha value is -2.78. The minimum absolute atomic E-state index is 0.166. The second-order valence-electron chi connectivity index (χ2n) is 5.48. The zero-order valence-corrected chi connectivity index (χ0v) is 15.8. The van der Waals surface area contributed by atoms with E-state index in [0.717, 1.165) is 5.01 Å². The summed E-state index contributed by atoms with van der Waals surface area (Å²) in [6.45, 7) is 1.47. The van der Waals surface area contributed by atoms with Gasteiger partial charge in [0.1, 0.15) is 18.2 Å². The van der Waals surface area contributed by atoms with Crippen molar-refractivity contribution in [1.29, 1.82) is 0 Å². The lowest BCUT2D eigenvalue weighted by molar-refractivity contribution is -0.143. The first kappa shape index (κ1) is 19.0. The second-order valence-corrected chi connectivity index (χ2v) is 6.96. The molecule has 27 heavy (non-hydrogen) atoms. The molecule has 2 heterocycles. The summed E-state index contributed by atoms with van der Waals surface area (Å²) in [4.78, 5) is 40.5. The van der Waals surface area contributed by atoms with Crippen LogP contribution in [0.5, 0.6) is 0 Å². The number of carbonyl (C=O) groups is 2. The number of aromatic nitrogens is 3. The molecule has 0 fully saturated rings. The molecule has 2 aromatic heterocycles. The van der Waals surface area contributed by atoms with Gasteiger partial charge in [0.25, 0.3) is 11.5 Å². The van der Waals surface area contributed by atoms with Gasteiger partial charge in [-0.05, 0) is 30.7 Å². The molecule has 0 spiro atoms. The van der Waals surface area contributed by atoms with Crippen LogP contribution in [0.2, 0.25) is 5.02 Å². The van der Waals surface area contributed by atoms with Crippen LogP contribution in [-0.2, 0) is 22.6 Å². The molecule has 3 aromatic rings. The molecule has 0 atom stereocenters. The lowest BCUT2D eigenvalue weighted by Crippen LogP contribution is -2.30. The van der Waals surface area contributed by atoms with Gasteiger partial charge in [0, 0.05) is 16.7 Å². The average Bonchev–Trinajstić information content (AvgIpc) is 3.09. The average molecular weight is 407 g/mol. The van der Waals surface area contributed by atoms with Crippen LogP contribution in [0.3, 0.4) is 0 Å². The predicted octanol–water partition coefficient (Wildman–Crippen LogP) is 1.84. The maximum Gasteiger partial charge on any atom is 0.325 e. The summed E-state index contributed by atoms with van der Waals surface area (Å²) in [6.07, 6.45) is 0.700. The highest BCUT2D eigenvalue weighted by molar-refractivity contribution is 7.16. The number of aryl methyl sites for hydroxylation is 1. The molecule has 0 unspecified atom stereocenters. The minimum Gasteiger partial charge on any atom is -0.458 e. The van der Waals surface area contributed by atoms with Crippen molar-refractivity contribution >= 4 is 39.8 Å². The topological polar surface area (TPSA) is 103 Å². The number of nitrogens with one attached hydrogen (secondary N) is 1. The van der Waals surface area contributed by atoms with Gasteiger partial charge in [-0.1, -0.05) is 29.9 Å². The molecule has 0 radical (unpaired) electrons. The van der Waals surface area contributed by atoms with E-state index in [1.165, 1.54) is 21.9 Å². The number of carbonyl (C=O) groups excluding carboxylic acids is 2. The van der Waals surface area contributed by atoms with Crippen molar-refractivity contribution in [1.82, 2.24) is 19.9 Å². The van der Waals surface area contributed by atoms with Crippen LogP contribution in [0, 0.1) is 0 Å². The van der Waals surface area contributed by atoms with Crippen LogP contribution in [0.15, 0.2) is 35.1 Å². The predicted molar refractivity (Wildman–Crippen MR) is 100 cm³/mol. The fourth-order valence-corrected chi connectivity index (χ4v) is 3.16. The van der Waals surface area contributed by atoms with E-state index in [4.69, 9.17) is 16.3 Å². The quantitative estimate of drug-likeness (QED) is 0.626. The van der Waals surface area contributed by atoms with Crippen LogP contribution in [-0.4, -0.2) is 33.0 Å². The van der Waals surface area contributed by atoms with Crippen molar-refractivity contribution in [2.24, 2.45) is 0 Å². The number of esters is 1. The number of rotatable bonds is 6. The van der Waals surface area contributed by atoms with Gasteiger partial charge >= 0.3 is 5.97 Å². The molecule has 140 valence electrons. The summed E-state index contributed by atoms with van der Waals surface area (Å²) >= 11 is 7.07. The van der Waals surface area contributed by atoms with E-state index >= 15 is 0 Å². The van der Waals surface area contributed by atoms with E-state index in [0.29, 0.717) is 27.7 Å². The molecular formula is C17H15ClN4O4S. The molecule has 1 amide bonds. The standard InChI is InChI=1S/C17H15ClN4O4S/c1-2-13-21-22-14(23)7-12(20-17(22)27-13)9-26-15(24)8-19-16(25)10-3-5-11(18)6-4-10/h3-7H,2,8-9H2,1H3,(H,19,25). The maximum absolute atomic E-state index is 12.0. The summed E-state index contributed by atoms with van der Waals surface area (Å²) in [5.74, 6) is -1.06. The Kier molecular flexibility index (Phi) is 5.82. The molecule has 1 N–H and O–H groups in total. The molecule has 0 aliphatic carbocycles. The highest BCUT2D eigenvalue weighted by atomic mass is 35.5. The molecule has 0 saturated heterocycles. The maximum atomic E-state index is 12.0. The highest BCUT2D eigenvalue weighted by Crippen LogP contribution is 2.12. The van der Waals surface area contributed by atoms with E-state index in [1.807, 2.05) is 6.92 Å². The lowest BCUT2D eigenvalue weighted by atomic mass is 10.2. The largest absolute Gasteiger partial charge is 0.458 e. The Labute approximate surface area is 162 Å². The fraction of sp³-hybridized carbons (Fsp3) is 0.235. The third-order valence-electron chi connectivity index (χ3n) is 3.52. The highest BCUT2D eigenvalue weighted by Gasteiger charge is 2.12. The van der Waals surface area contributed by atoms with E-state index in [9.17, 15) is 14.4 Å². The Bertz CT molecular complexity index is 1050. The van der Waals surface area contributed by atoms with Gasteiger partial charge in [-0.15, -0.1) is 0 Å². The van der Waals surface area contributed by atoms with Crippen LogP contribution < -0.4 is 10.9 Å². The van der Waals surface area contributed by atoms with Crippen molar-refractivity contribution in [3.8, 4) is 0 Å².